The monoisotopic (exact) mass is 279 g/mol. The van der Waals surface area contributed by atoms with Crippen molar-refractivity contribution in [2.24, 2.45) is 0 Å². The van der Waals surface area contributed by atoms with E-state index >= 15 is 0 Å². The van der Waals surface area contributed by atoms with Gasteiger partial charge >= 0.3 is 5.97 Å². The van der Waals surface area contributed by atoms with Gasteiger partial charge in [-0.2, -0.15) is 0 Å². The number of aliphatic carboxylic acids is 1. The second-order valence-corrected chi connectivity index (χ2v) is 4.85. The average Bonchev–Trinajstić information content (AvgIpc) is 2.41. The predicted octanol–water partition coefficient (Wildman–Crippen LogP) is 0.762. The normalized spacial score (nSPS) is 19.8. The number of rotatable bonds is 4. The zero-order valence-electron chi connectivity index (χ0n) is 11.2. The Kier molecular flexibility index (Phi) is 4.31. The molecule has 1 fully saturated rings. The summed E-state index contributed by atoms with van der Waals surface area (Å²) in [5, 5.41) is 23.2. The highest BCUT2D eigenvalue weighted by atomic mass is 16.6. The van der Waals surface area contributed by atoms with Crippen LogP contribution < -0.4 is 5.32 Å². The van der Waals surface area contributed by atoms with Crippen LogP contribution in [0.25, 0.3) is 0 Å². The number of nitrogens with one attached hydrogen (secondary N) is 1. The summed E-state index contributed by atoms with van der Waals surface area (Å²) in [6, 6.07) is 4.31. The van der Waals surface area contributed by atoms with Gasteiger partial charge in [0.05, 0.1) is 4.92 Å². The molecule has 1 heterocycles. The van der Waals surface area contributed by atoms with Crippen molar-refractivity contribution in [1.82, 2.24) is 10.2 Å². The van der Waals surface area contributed by atoms with Crippen LogP contribution in [0.3, 0.4) is 0 Å². The molecule has 0 aromatic heterocycles. The van der Waals surface area contributed by atoms with Crippen LogP contribution in [0, 0.1) is 17.0 Å². The Hall–Kier alpha value is -1.99. The smallest absolute Gasteiger partial charge is 0.322 e. The van der Waals surface area contributed by atoms with Crippen molar-refractivity contribution in [2.45, 2.75) is 19.5 Å². The first-order chi connectivity index (χ1) is 9.50. The lowest BCUT2D eigenvalue weighted by Crippen LogP contribution is -2.54. The molecule has 1 unspecified atom stereocenters. The number of nitrogens with zero attached hydrogens (tertiary/aromatic N) is 2. The van der Waals surface area contributed by atoms with Crippen molar-refractivity contribution < 1.29 is 14.8 Å². The Morgan fingerprint density at radius 3 is 3.00 bits per heavy atom. The molecule has 0 spiro atoms. The Labute approximate surface area is 116 Å². The number of carboxylic acids is 1. The first kappa shape index (κ1) is 14.4. The fourth-order valence-corrected chi connectivity index (χ4v) is 2.44. The summed E-state index contributed by atoms with van der Waals surface area (Å²) in [5.41, 5.74) is 1.47. The van der Waals surface area contributed by atoms with Crippen LogP contribution in [-0.2, 0) is 11.3 Å². The Bertz CT molecular complexity index is 532. The van der Waals surface area contributed by atoms with Crippen molar-refractivity contribution in [2.75, 3.05) is 19.6 Å². The topological polar surface area (TPSA) is 95.7 Å². The van der Waals surface area contributed by atoms with E-state index in [1.54, 1.807) is 13.0 Å². The Morgan fingerprint density at radius 2 is 2.35 bits per heavy atom. The summed E-state index contributed by atoms with van der Waals surface area (Å²) in [5.74, 6) is -0.875. The highest BCUT2D eigenvalue weighted by molar-refractivity contribution is 5.74. The van der Waals surface area contributed by atoms with Gasteiger partial charge in [-0.15, -0.1) is 0 Å². The maximum atomic E-state index is 11.2. The van der Waals surface area contributed by atoms with E-state index in [1.165, 1.54) is 6.07 Å². The van der Waals surface area contributed by atoms with Gasteiger partial charge in [0, 0.05) is 37.8 Å². The molecule has 1 saturated heterocycles. The van der Waals surface area contributed by atoms with Gasteiger partial charge in [-0.25, -0.2) is 0 Å². The molecule has 1 atom stereocenters. The van der Waals surface area contributed by atoms with Crippen LogP contribution >= 0.6 is 0 Å². The molecule has 1 aromatic carbocycles. The highest BCUT2D eigenvalue weighted by Gasteiger charge is 2.29. The van der Waals surface area contributed by atoms with E-state index in [9.17, 15) is 20.0 Å². The molecule has 7 nitrogen and oxygen atoms in total. The van der Waals surface area contributed by atoms with Gasteiger partial charge in [-0.05, 0) is 12.5 Å². The molecule has 0 radical (unpaired) electrons. The second-order valence-electron chi connectivity index (χ2n) is 4.85. The number of nitro benzene ring substituents is 1. The standard InChI is InChI=1S/C13H17N3O4/c1-9-10(3-2-4-11(9)16(19)20)8-15-6-5-14-7-12(15)13(17)18/h2-4,12,14H,5-8H2,1H3,(H,17,18). The van der Waals surface area contributed by atoms with Gasteiger partial charge in [0.15, 0.2) is 0 Å². The van der Waals surface area contributed by atoms with E-state index < -0.39 is 16.9 Å². The third-order valence-corrected chi connectivity index (χ3v) is 3.63. The van der Waals surface area contributed by atoms with Crippen LogP contribution in [0.5, 0.6) is 0 Å². The molecule has 0 bridgehead atoms. The van der Waals surface area contributed by atoms with E-state index in [4.69, 9.17) is 0 Å². The maximum Gasteiger partial charge on any atom is 0.322 e. The van der Waals surface area contributed by atoms with Crippen molar-refractivity contribution in [1.29, 1.82) is 0 Å². The third-order valence-electron chi connectivity index (χ3n) is 3.63. The molecule has 1 aliphatic heterocycles. The number of hydrogen-bond acceptors (Lipinski definition) is 5. The minimum absolute atomic E-state index is 0.0736. The van der Waals surface area contributed by atoms with Gasteiger partial charge < -0.3 is 10.4 Å². The quantitative estimate of drug-likeness (QED) is 0.624. The molecule has 0 aliphatic carbocycles. The fourth-order valence-electron chi connectivity index (χ4n) is 2.44. The molecule has 2 rings (SSSR count). The van der Waals surface area contributed by atoms with Crippen molar-refractivity contribution in [3.8, 4) is 0 Å². The number of carboxylic acid groups (broad SMARTS) is 1. The predicted molar refractivity (Wildman–Crippen MR) is 72.5 cm³/mol. The lowest BCUT2D eigenvalue weighted by molar-refractivity contribution is -0.385. The maximum absolute atomic E-state index is 11.2. The summed E-state index contributed by atoms with van der Waals surface area (Å²) >= 11 is 0. The van der Waals surface area contributed by atoms with Gasteiger partial charge in [0.25, 0.3) is 5.69 Å². The third kappa shape index (κ3) is 2.94. The molecule has 0 saturated carbocycles. The number of piperazine rings is 1. The van der Waals surface area contributed by atoms with Crippen molar-refractivity contribution in [3.05, 3.63) is 39.4 Å². The Balaban J connectivity index is 2.22. The number of hydrogen-bond donors (Lipinski definition) is 2. The first-order valence-electron chi connectivity index (χ1n) is 6.41. The van der Waals surface area contributed by atoms with Gasteiger partial charge in [-0.3, -0.25) is 19.8 Å². The minimum atomic E-state index is -0.875. The van der Waals surface area contributed by atoms with Crippen molar-refractivity contribution in [3.63, 3.8) is 0 Å². The number of benzene rings is 1. The van der Waals surface area contributed by atoms with E-state index in [-0.39, 0.29) is 5.69 Å². The zero-order chi connectivity index (χ0) is 14.7. The van der Waals surface area contributed by atoms with E-state index in [2.05, 4.69) is 5.32 Å². The molecule has 1 aliphatic rings. The van der Waals surface area contributed by atoms with Crippen LogP contribution in [0.2, 0.25) is 0 Å². The summed E-state index contributed by atoms with van der Waals surface area (Å²) < 4.78 is 0. The molecule has 2 N–H and O–H groups in total. The SMILES string of the molecule is Cc1c(CN2CCNCC2C(=O)O)cccc1[N+](=O)[O-]. The summed E-state index contributed by atoms with van der Waals surface area (Å²) in [7, 11) is 0. The summed E-state index contributed by atoms with van der Waals surface area (Å²) in [6.07, 6.45) is 0. The van der Waals surface area contributed by atoms with E-state index in [0.717, 1.165) is 12.1 Å². The van der Waals surface area contributed by atoms with Crippen LogP contribution in [0.1, 0.15) is 11.1 Å². The Morgan fingerprint density at radius 1 is 1.60 bits per heavy atom. The molecular formula is C13H17N3O4. The molecule has 1 aromatic rings. The largest absolute Gasteiger partial charge is 0.480 e. The van der Waals surface area contributed by atoms with Crippen LogP contribution in [0.15, 0.2) is 18.2 Å². The van der Waals surface area contributed by atoms with Gasteiger partial charge in [0.2, 0.25) is 0 Å². The second kappa shape index (κ2) is 5.98. The van der Waals surface area contributed by atoms with Gasteiger partial charge in [0.1, 0.15) is 6.04 Å². The van der Waals surface area contributed by atoms with Crippen LogP contribution in [0.4, 0.5) is 5.69 Å². The highest BCUT2D eigenvalue weighted by Crippen LogP contribution is 2.23. The van der Waals surface area contributed by atoms with Crippen molar-refractivity contribution >= 4 is 11.7 Å². The summed E-state index contributed by atoms with van der Waals surface area (Å²) in [4.78, 5) is 23.6. The number of nitro groups is 1. The molecule has 0 amide bonds. The van der Waals surface area contributed by atoms with E-state index in [1.807, 2.05) is 11.0 Å². The molecule has 20 heavy (non-hydrogen) atoms. The fraction of sp³-hybridized carbons (Fsp3) is 0.462. The molecule has 108 valence electrons. The van der Waals surface area contributed by atoms with Crippen LogP contribution in [-0.4, -0.2) is 46.6 Å². The summed E-state index contributed by atoms with van der Waals surface area (Å²) in [6.45, 7) is 3.83. The number of carbonyl (C=O) groups is 1. The average molecular weight is 279 g/mol. The zero-order valence-corrected chi connectivity index (χ0v) is 11.2. The van der Waals surface area contributed by atoms with E-state index in [0.29, 0.717) is 25.2 Å². The van der Waals surface area contributed by atoms with Gasteiger partial charge in [-0.1, -0.05) is 12.1 Å². The lowest BCUT2D eigenvalue weighted by atomic mass is 10.0. The first-order valence-corrected chi connectivity index (χ1v) is 6.41. The molecule has 7 heteroatoms. The lowest BCUT2D eigenvalue weighted by Gasteiger charge is -2.33. The minimum Gasteiger partial charge on any atom is -0.480 e. The molecular weight excluding hydrogens is 262 g/mol.